The number of amides is 2. The molecule has 1 fully saturated rings. The van der Waals surface area contributed by atoms with E-state index in [0.717, 1.165) is 19.4 Å². The number of hydrogen-bond acceptors (Lipinski definition) is 4. The second-order valence-corrected chi connectivity index (χ2v) is 4.69. The van der Waals surface area contributed by atoms with Gasteiger partial charge in [-0.3, -0.25) is 19.8 Å². The summed E-state index contributed by atoms with van der Waals surface area (Å²) in [6.07, 6.45) is 1.88. The third-order valence-corrected chi connectivity index (χ3v) is 3.35. The Balaban J connectivity index is 1.86. The second kappa shape index (κ2) is 6.45. The maximum atomic E-state index is 11.8. The van der Waals surface area contributed by atoms with E-state index in [9.17, 15) is 9.59 Å². The monoisotopic (exact) mass is 262 g/mol. The lowest BCUT2D eigenvalue weighted by molar-refractivity contribution is -0.121. The molecule has 19 heavy (non-hydrogen) atoms. The molecular formula is C14H18N2O3. The van der Waals surface area contributed by atoms with E-state index >= 15 is 0 Å². The van der Waals surface area contributed by atoms with Crippen molar-refractivity contribution in [1.82, 2.24) is 10.2 Å². The highest BCUT2D eigenvalue weighted by atomic mass is 16.3. The Hall–Kier alpha value is -1.72. The first-order chi connectivity index (χ1) is 9.20. The average molecular weight is 262 g/mol. The number of aliphatic hydroxyl groups excluding tert-OH is 1. The van der Waals surface area contributed by atoms with E-state index in [1.54, 1.807) is 24.3 Å². The van der Waals surface area contributed by atoms with Gasteiger partial charge in [0, 0.05) is 11.6 Å². The van der Waals surface area contributed by atoms with Gasteiger partial charge in [-0.25, -0.2) is 0 Å². The first kappa shape index (κ1) is 13.7. The molecule has 1 saturated heterocycles. The third-order valence-electron chi connectivity index (χ3n) is 3.35. The Morgan fingerprint density at radius 3 is 2.74 bits per heavy atom. The van der Waals surface area contributed by atoms with Crippen LogP contribution in [0.5, 0.6) is 0 Å². The van der Waals surface area contributed by atoms with Crippen molar-refractivity contribution >= 4 is 11.8 Å². The maximum Gasteiger partial charge on any atom is 0.257 e. The molecule has 1 unspecified atom stereocenters. The van der Waals surface area contributed by atoms with Gasteiger partial charge in [-0.15, -0.1) is 0 Å². The van der Waals surface area contributed by atoms with Crippen LogP contribution in [0, 0.1) is 0 Å². The molecular weight excluding hydrogens is 244 g/mol. The van der Waals surface area contributed by atoms with Crippen LogP contribution >= 0.6 is 0 Å². The standard InChI is InChI=1S/C14H18N2O3/c17-10-12-7-4-8-16(12)9-13(18)15-14(19)11-5-2-1-3-6-11/h1-3,5-6,12,17H,4,7-10H2,(H,15,18,19). The van der Waals surface area contributed by atoms with Crippen LogP contribution in [0.15, 0.2) is 30.3 Å². The van der Waals surface area contributed by atoms with Crippen molar-refractivity contribution < 1.29 is 14.7 Å². The van der Waals surface area contributed by atoms with E-state index in [4.69, 9.17) is 5.11 Å². The number of imide groups is 1. The Bertz CT molecular complexity index is 447. The number of nitrogens with one attached hydrogen (secondary N) is 1. The van der Waals surface area contributed by atoms with Crippen LogP contribution in [-0.4, -0.2) is 47.6 Å². The topological polar surface area (TPSA) is 69.6 Å². The van der Waals surface area contributed by atoms with Crippen LogP contribution in [-0.2, 0) is 4.79 Å². The summed E-state index contributed by atoms with van der Waals surface area (Å²) in [7, 11) is 0. The molecule has 1 aromatic carbocycles. The quantitative estimate of drug-likeness (QED) is 0.824. The zero-order chi connectivity index (χ0) is 13.7. The van der Waals surface area contributed by atoms with Gasteiger partial charge >= 0.3 is 0 Å². The summed E-state index contributed by atoms with van der Waals surface area (Å²) >= 11 is 0. The molecule has 102 valence electrons. The van der Waals surface area contributed by atoms with E-state index in [0.29, 0.717) is 5.56 Å². The Morgan fingerprint density at radius 2 is 2.05 bits per heavy atom. The van der Waals surface area contributed by atoms with Gasteiger partial charge in [-0.05, 0) is 31.5 Å². The average Bonchev–Trinajstić information content (AvgIpc) is 2.86. The van der Waals surface area contributed by atoms with Crippen molar-refractivity contribution in [2.45, 2.75) is 18.9 Å². The first-order valence-electron chi connectivity index (χ1n) is 6.45. The zero-order valence-corrected chi connectivity index (χ0v) is 10.7. The molecule has 0 aliphatic carbocycles. The van der Waals surface area contributed by atoms with Crippen molar-refractivity contribution in [3.63, 3.8) is 0 Å². The fourth-order valence-corrected chi connectivity index (χ4v) is 2.32. The van der Waals surface area contributed by atoms with E-state index in [1.807, 2.05) is 11.0 Å². The number of carbonyl (C=O) groups excluding carboxylic acids is 2. The van der Waals surface area contributed by atoms with Gasteiger partial charge in [-0.2, -0.15) is 0 Å². The molecule has 5 nitrogen and oxygen atoms in total. The summed E-state index contributed by atoms with van der Waals surface area (Å²) in [5.74, 6) is -0.709. The summed E-state index contributed by atoms with van der Waals surface area (Å²) in [4.78, 5) is 25.5. The van der Waals surface area contributed by atoms with Gasteiger partial charge in [0.05, 0.1) is 13.2 Å². The van der Waals surface area contributed by atoms with E-state index in [2.05, 4.69) is 5.32 Å². The van der Waals surface area contributed by atoms with E-state index in [-0.39, 0.29) is 31.0 Å². The number of carbonyl (C=O) groups is 2. The van der Waals surface area contributed by atoms with Crippen LogP contribution in [0.4, 0.5) is 0 Å². The zero-order valence-electron chi connectivity index (χ0n) is 10.7. The Morgan fingerprint density at radius 1 is 1.32 bits per heavy atom. The van der Waals surface area contributed by atoms with Crippen molar-refractivity contribution in [3.05, 3.63) is 35.9 Å². The molecule has 1 heterocycles. The minimum atomic E-state index is -0.384. The molecule has 1 aliphatic heterocycles. The fraction of sp³-hybridized carbons (Fsp3) is 0.429. The summed E-state index contributed by atoms with van der Waals surface area (Å²) in [5, 5.41) is 11.5. The minimum absolute atomic E-state index is 0.0394. The molecule has 0 saturated carbocycles. The van der Waals surface area contributed by atoms with E-state index < -0.39 is 0 Å². The third kappa shape index (κ3) is 3.62. The second-order valence-electron chi connectivity index (χ2n) is 4.69. The molecule has 0 spiro atoms. The van der Waals surface area contributed by atoms with Crippen molar-refractivity contribution in [3.8, 4) is 0 Å². The molecule has 2 amide bonds. The summed E-state index contributed by atoms with van der Waals surface area (Å²) in [6, 6.07) is 8.68. The van der Waals surface area contributed by atoms with Crippen LogP contribution in [0.25, 0.3) is 0 Å². The van der Waals surface area contributed by atoms with Crippen molar-refractivity contribution in [1.29, 1.82) is 0 Å². The van der Waals surface area contributed by atoms with Crippen LogP contribution in [0.3, 0.4) is 0 Å². The first-order valence-corrected chi connectivity index (χ1v) is 6.45. The highest BCUT2D eigenvalue weighted by molar-refractivity contribution is 6.05. The van der Waals surface area contributed by atoms with Crippen LogP contribution in [0.1, 0.15) is 23.2 Å². The number of likely N-dealkylation sites (tertiary alicyclic amines) is 1. The fourth-order valence-electron chi connectivity index (χ4n) is 2.32. The highest BCUT2D eigenvalue weighted by Gasteiger charge is 2.25. The van der Waals surface area contributed by atoms with Gasteiger partial charge in [0.25, 0.3) is 5.91 Å². The highest BCUT2D eigenvalue weighted by Crippen LogP contribution is 2.15. The molecule has 1 aliphatic rings. The normalized spacial score (nSPS) is 19.3. The lowest BCUT2D eigenvalue weighted by Crippen LogP contribution is -2.43. The molecule has 2 rings (SSSR count). The van der Waals surface area contributed by atoms with Gasteiger partial charge in [0.2, 0.25) is 5.91 Å². The molecule has 1 aromatic rings. The summed E-state index contributed by atoms with van der Waals surface area (Å²) in [5.41, 5.74) is 0.469. The van der Waals surface area contributed by atoms with Gasteiger partial charge in [0.1, 0.15) is 0 Å². The van der Waals surface area contributed by atoms with Crippen molar-refractivity contribution in [2.75, 3.05) is 19.7 Å². The Labute approximate surface area is 112 Å². The molecule has 0 radical (unpaired) electrons. The van der Waals surface area contributed by atoms with E-state index in [1.165, 1.54) is 0 Å². The van der Waals surface area contributed by atoms with Gasteiger partial charge in [0.15, 0.2) is 0 Å². The molecule has 0 aromatic heterocycles. The maximum absolute atomic E-state index is 11.8. The smallest absolute Gasteiger partial charge is 0.257 e. The van der Waals surface area contributed by atoms with Gasteiger partial charge < -0.3 is 5.11 Å². The lowest BCUT2D eigenvalue weighted by atomic mass is 10.2. The summed E-state index contributed by atoms with van der Waals surface area (Å²) in [6.45, 7) is 1.00. The number of benzene rings is 1. The van der Waals surface area contributed by atoms with Crippen molar-refractivity contribution in [2.24, 2.45) is 0 Å². The Kier molecular flexibility index (Phi) is 4.65. The lowest BCUT2D eigenvalue weighted by Gasteiger charge is -2.21. The summed E-state index contributed by atoms with van der Waals surface area (Å²) < 4.78 is 0. The predicted octanol–water partition coefficient (Wildman–Crippen LogP) is 0.400. The molecule has 2 N–H and O–H groups in total. The molecule has 1 atom stereocenters. The number of hydrogen-bond donors (Lipinski definition) is 2. The molecule has 0 bridgehead atoms. The largest absolute Gasteiger partial charge is 0.395 e. The van der Waals surface area contributed by atoms with Crippen LogP contribution in [0.2, 0.25) is 0 Å². The number of rotatable bonds is 4. The van der Waals surface area contributed by atoms with Crippen LogP contribution < -0.4 is 5.32 Å². The number of nitrogens with zero attached hydrogens (tertiary/aromatic N) is 1. The number of aliphatic hydroxyl groups is 1. The predicted molar refractivity (Wildman–Crippen MR) is 70.6 cm³/mol. The van der Waals surface area contributed by atoms with Gasteiger partial charge in [-0.1, -0.05) is 18.2 Å². The minimum Gasteiger partial charge on any atom is -0.395 e. The SMILES string of the molecule is O=C(CN1CCCC1CO)NC(=O)c1ccccc1. The molecule has 5 heteroatoms.